The van der Waals surface area contributed by atoms with Gasteiger partial charge in [-0.15, -0.1) is 12.4 Å². The fourth-order valence-corrected chi connectivity index (χ4v) is 1.74. The van der Waals surface area contributed by atoms with E-state index in [-0.39, 0.29) is 19.0 Å². The van der Waals surface area contributed by atoms with Crippen LogP contribution >= 0.6 is 12.4 Å². The molecule has 0 saturated carbocycles. The van der Waals surface area contributed by atoms with Crippen molar-refractivity contribution in [2.24, 2.45) is 0 Å². The molecule has 0 amide bonds. The molecule has 0 unspecified atom stereocenters. The second-order valence-corrected chi connectivity index (χ2v) is 4.64. The lowest BCUT2D eigenvalue weighted by Gasteiger charge is -2.27. The van der Waals surface area contributed by atoms with Gasteiger partial charge in [0.2, 0.25) is 0 Å². The molecule has 1 aliphatic heterocycles. The zero-order valence-corrected chi connectivity index (χ0v) is 12.3. The number of nitrogens with one attached hydrogen (secondary N) is 1. The maximum Gasteiger partial charge on any atom is 0.138 e. The Morgan fingerprint density at radius 2 is 2.25 bits per heavy atom. The van der Waals surface area contributed by atoms with Crippen LogP contribution in [0.4, 0.5) is 0 Å². The SMILES string of the molecule is Cl.OCCCCC#Cc1cncc(OC[C@@H]2CCN2)c1. The molecule has 2 heterocycles. The second kappa shape index (κ2) is 9.60. The number of aliphatic hydroxyl groups is 1. The van der Waals surface area contributed by atoms with E-state index >= 15 is 0 Å². The Kier molecular flexibility index (Phi) is 8.05. The first-order valence-electron chi connectivity index (χ1n) is 6.79. The van der Waals surface area contributed by atoms with Crippen molar-refractivity contribution in [3.8, 4) is 17.6 Å². The van der Waals surface area contributed by atoms with E-state index in [9.17, 15) is 0 Å². The highest BCUT2D eigenvalue weighted by Gasteiger charge is 2.16. The summed E-state index contributed by atoms with van der Waals surface area (Å²) in [6, 6.07) is 2.40. The first kappa shape index (κ1) is 16.8. The van der Waals surface area contributed by atoms with E-state index in [4.69, 9.17) is 9.84 Å². The summed E-state index contributed by atoms with van der Waals surface area (Å²) in [6.07, 6.45) is 7.18. The molecule has 1 aromatic heterocycles. The van der Waals surface area contributed by atoms with Crippen LogP contribution in [0.5, 0.6) is 5.75 Å². The zero-order chi connectivity index (χ0) is 13.3. The highest BCUT2D eigenvalue weighted by atomic mass is 35.5. The molecule has 1 aliphatic rings. The van der Waals surface area contributed by atoms with Gasteiger partial charge in [0.15, 0.2) is 0 Å². The minimum Gasteiger partial charge on any atom is -0.490 e. The number of pyridine rings is 1. The van der Waals surface area contributed by atoms with E-state index in [2.05, 4.69) is 22.1 Å². The first-order valence-corrected chi connectivity index (χ1v) is 6.79. The summed E-state index contributed by atoms with van der Waals surface area (Å²) in [5.41, 5.74) is 0.878. The Morgan fingerprint density at radius 1 is 1.40 bits per heavy atom. The highest BCUT2D eigenvalue weighted by Crippen LogP contribution is 2.12. The van der Waals surface area contributed by atoms with Crippen molar-refractivity contribution in [2.45, 2.75) is 31.7 Å². The van der Waals surface area contributed by atoms with Gasteiger partial charge in [-0.1, -0.05) is 11.8 Å². The van der Waals surface area contributed by atoms with E-state index in [0.29, 0.717) is 12.6 Å². The first-order chi connectivity index (χ1) is 9.38. The second-order valence-electron chi connectivity index (χ2n) is 4.64. The largest absolute Gasteiger partial charge is 0.490 e. The lowest BCUT2D eigenvalue weighted by Crippen LogP contribution is -2.46. The molecule has 1 fully saturated rings. The fourth-order valence-electron chi connectivity index (χ4n) is 1.74. The summed E-state index contributed by atoms with van der Waals surface area (Å²) in [6.45, 7) is 2.02. The molecule has 1 aromatic rings. The van der Waals surface area contributed by atoms with E-state index in [0.717, 1.165) is 37.1 Å². The van der Waals surface area contributed by atoms with Crippen LogP contribution in [-0.2, 0) is 0 Å². The minimum atomic E-state index is 0. The van der Waals surface area contributed by atoms with Gasteiger partial charge in [0, 0.05) is 30.8 Å². The predicted octanol–water partition coefficient (Wildman–Crippen LogP) is 1.76. The van der Waals surface area contributed by atoms with Crippen LogP contribution in [0.1, 0.15) is 31.2 Å². The van der Waals surface area contributed by atoms with Crippen molar-refractivity contribution < 1.29 is 9.84 Å². The molecule has 2 N–H and O–H groups in total. The molecule has 5 heteroatoms. The predicted molar refractivity (Wildman–Crippen MR) is 81.2 cm³/mol. The molecule has 1 atom stereocenters. The molecule has 2 rings (SSSR count). The van der Waals surface area contributed by atoms with Gasteiger partial charge in [-0.3, -0.25) is 4.98 Å². The molecule has 0 radical (unpaired) electrons. The van der Waals surface area contributed by atoms with Gasteiger partial charge in [-0.25, -0.2) is 0 Å². The average molecular weight is 297 g/mol. The van der Waals surface area contributed by atoms with Gasteiger partial charge >= 0.3 is 0 Å². The fraction of sp³-hybridized carbons (Fsp3) is 0.533. The number of rotatable bonds is 6. The van der Waals surface area contributed by atoms with Crippen molar-refractivity contribution in [1.82, 2.24) is 10.3 Å². The summed E-state index contributed by atoms with van der Waals surface area (Å²) >= 11 is 0. The monoisotopic (exact) mass is 296 g/mol. The van der Waals surface area contributed by atoms with Crippen LogP contribution < -0.4 is 10.1 Å². The van der Waals surface area contributed by atoms with Gasteiger partial charge in [-0.2, -0.15) is 0 Å². The number of halogens is 1. The molecule has 0 aromatic carbocycles. The Labute approximate surface area is 126 Å². The molecular weight excluding hydrogens is 276 g/mol. The summed E-state index contributed by atoms with van der Waals surface area (Å²) in [5.74, 6) is 6.93. The van der Waals surface area contributed by atoms with Crippen LogP contribution in [0.2, 0.25) is 0 Å². The van der Waals surface area contributed by atoms with E-state index in [1.54, 1.807) is 12.4 Å². The third kappa shape index (κ3) is 5.79. The Morgan fingerprint density at radius 3 is 2.95 bits per heavy atom. The number of hydrogen-bond donors (Lipinski definition) is 2. The van der Waals surface area contributed by atoms with Crippen LogP contribution in [0.3, 0.4) is 0 Å². The van der Waals surface area contributed by atoms with Crippen LogP contribution in [0.25, 0.3) is 0 Å². The van der Waals surface area contributed by atoms with E-state index < -0.39 is 0 Å². The highest BCUT2D eigenvalue weighted by molar-refractivity contribution is 5.85. The maximum atomic E-state index is 8.67. The lowest BCUT2D eigenvalue weighted by atomic mass is 10.1. The summed E-state index contributed by atoms with van der Waals surface area (Å²) in [7, 11) is 0. The Balaban J connectivity index is 0.00000200. The number of aromatic nitrogens is 1. The summed E-state index contributed by atoms with van der Waals surface area (Å²) < 4.78 is 5.67. The Hall–Kier alpha value is -1.28. The van der Waals surface area contributed by atoms with Crippen LogP contribution in [-0.4, -0.2) is 35.9 Å². The van der Waals surface area contributed by atoms with E-state index in [1.807, 2.05) is 6.07 Å². The lowest BCUT2D eigenvalue weighted by molar-refractivity contribution is 0.217. The minimum absolute atomic E-state index is 0. The molecular formula is C15H21ClN2O2. The third-order valence-electron chi connectivity index (χ3n) is 3.03. The topological polar surface area (TPSA) is 54.4 Å². The van der Waals surface area contributed by atoms with Gasteiger partial charge in [0.1, 0.15) is 12.4 Å². The Bertz CT molecular complexity index is 453. The number of nitrogens with zero attached hydrogens (tertiary/aromatic N) is 1. The third-order valence-corrected chi connectivity index (χ3v) is 3.03. The van der Waals surface area contributed by atoms with Crippen molar-refractivity contribution >= 4 is 12.4 Å². The van der Waals surface area contributed by atoms with Gasteiger partial charge < -0.3 is 15.2 Å². The molecule has 1 saturated heterocycles. The maximum absolute atomic E-state index is 8.67. The zero-order valence-electron chi connectivity index (χ0n) is 11.5. The molecule has 0 bridgehead atoms. The number of ether oxygens (including phenoxy) is 1. The summed E-state index contributed by atoms with van der Waals surface area (Å²) in [5, 5.41) is 12.0. The van der Waals surface area contributed by atoms with Crippen LogP contribution in [0.15, 0.2) is 18.5 Å². The van der Waals surface area contributed by atoms with Crippen molar-refractivity contribution in [2.75, 3.05) is 19.8 Å². The molecule has 4 nitrogen and oxygen atoms in total. The molecule has 0 spiro atoms. The smallest absolute Gasteiger partial charge is 0.138 e. The van der Waals surface area contributed by atoms with Crippen LogP contribution in [0, 0.1) is 11.8 Å². The average Bonchev–Trinajstić information content (AvgIpc) is 2.37. The number of hydrogen-bond acceptors (Lipinski definition) is 4. The van der Waals surface area contributed by atoms with Crippen molar-refractivity contribution in [3.05, 3.63) is 24.0 Å². The van der Waals surface area contributed by atoms with Gasteiger partial charge in [0.05, 0.1) is 6.20 Å². The van der Waals surface area contributed by atoms with Gasteiger partial charge in [-0.05, 0) is 31.9 Å². The number of aliphatic hydroxyl groups excluding tert-OH is 1. The van der Waals surface area contributed by atoms with E-state index in [1.165, 1.54) is 6.42 Å². The molecule has 20 heavy (non-hydrogen) atoms. The summed E-state index contributed by atoms with van der Waals surface area (Å²) in [4.78, 5) is 4.13. The molecule has 0 aliphatic carbocycles. The normalized spacial score (nSPS) is 16.4. The standard InChI is InChI=1S/C15H20N2O2.ClH/c18-8-4-2-1-3-5-13-9-15(11-16-10-13)19-12-14-6-7-17-14;/h9-11,14,17-18H,1-2,4,6-8,12H2;1H/t14-;/m0./s1. The quantitative estimate of drug-likeness (QED) is 0.620. The van der Waals surface area contributed by atoms with Gasteiger partial charge in [0.25, 0.3) is 0 Å². The molecule has 110 valence electrons. The van der Waals surface area contributed by atoms with Crippen molar-refractivity contribution in [3.63, 3.8) is 0 Å². The number of unbranched alkanes of at least 4 members (excludes halogenated alkanes) is 2. The van der Waals surface area contributed by atoms with Crippen molar-refractivity contribution in [1.29, 1.82) is 0 Å².